The van der Waals surface area contributed by atoms with Crippen LogP contribution >= 0.6 is 0 Å². The summed E-state index contributed by atoms with van der Waals surface area (Å²) in [4.78, 5) is 14.2. The van der Waals surface area contributed by atoms with Crippen molar-refractivity contribution in [3.05, 3.63) is 29.8 Å². The quantitative estimate of drug-likeness (QED) is 0.831. The van der Waals surface area contributed by atoms with E-state index in [1.165, 1.54) is 30.1 Å². The van der Waals surface area contributed by atoms with Crippen LogP contribution in [0.2, 0.25) is 0 Å². The summed E-state index contributed by atoms with van der Waals surface area (Å²) in [5, 5.41) is 0. The van der Waals surface area contributed by atoms with E-state index in [2.05, 4.69) is 4.74 Å². The summed E-state index contributed by atoms with van der Waals surface area (Å²) >= 11 is 0. The van der Waals surface area contributed by atoms with Crippen molar-refractivity contribution in [2.45, 2.75) is 51.7 Å². The Kier molecular flexibility index (Phi) is 5.58. The number of amides is 1. The van der Waals surface area contributed by atoms with Crippen molar-refractivity contribution in [1.29, 1.82) is 0 Å². The molecule has 2 unspecified atom stereocenters. The van der Waals surface area contributed by atoms with Crippen LogP contribution in [-0.4, -0.2) is 42.5 Å². The van der Waals surface area contributed by atoms with Gasteiger partial charge < -0.3 is 20.1 Å². The molecule has 146 valence electrons. The molecule has 0 bridgehead atoms. The predicted molar refractivity (Wildman–Crippen MR) is 90.3 cm³/mol. The Bertz CT molecular complexity index is 663. The van der Waals surface area contributed by atoms with Crippen LogP contribution in [-0.2, 0) is 16.1 Å². The number of nitrogens with two attached hydrogens (primary N) is 1. The van der Waals surface area contributed by atoms with Crippen molar-refractivity contribution in [2.24, 2.45) is 11.1 Å². The summed E-state index contributed by atoms with van der Waals surface area (Å²) in [6.07, 6.45) is -4.55. The van der Waals surface area contributed by atoms with Gasteiger partial charge in [0.25, 0.3) is 0 Å². The minimum Gasteiger partial charge on any atom is -0.405 e. The standard InChI is InChI=1S/C18H25F3N2O3/c1-5-25-14-10-17(22,16(14,2)3)15(24)23(4)11-12-8-6-7-9-13(12)26-18(19,20)21/h6-9,14H,5,10-11,22H2,1-4H3. The number of alkyl halides is 3. The van der Waals surface area contributed by atoms with E-state index in [9.17, 15) is 18.0 Å². The predicted octanol–water partition coefficient (Wildman–Crippen LogP) is 3.08. The summed E-state index contributed by atoms with van der Waals surface area (Å²) < 4.78 is 47.3. The van der Waals surface area contributed by atoms with E-state index in [-0.39, 0.29) is 29.9 Å². The zero-order valence-electron chi connectivity index (χ0n) is 15.4. The lowest BCUT2D eigenvalue weighted by Crippen LogP contribution is -2.75. The first kappa shape index (κ1) is 20.5. The van der Waals surface area contributed by atoms with Gasteiger partial charge in [-0.25, -0.2) is 0 Å². The molecule has 1 aliphatic rings. The van der Waals surface area contributed by atoms with E-state index < -0.39 is 17.3 Å². The molecule has 1 aromatic rings. The fourth-order valence-corrected chi connectivity index (χ4v) is 3.32. The fraction of sp³-hybridized carbons (Fsp3) is 0.611. The van der Waals surface area contributed by atoms with Crippen LogP contribution in [0.1, 0.15) is 32.8 Å². The van der Waals surface area contributed by atoms with Gasteiger partial charge in [0.2, 0.25) is 5.91 Å². The molecule has 2 rings (SSSR count). The molecule has 1 aromatic carbocycles. The van der Waals surface area contributed by atoms with Gasteiger partial charge in [0.15, 0.2) is 0 Å². The van der Waals surface area contributed by atoms with E-state index in [1.807, 2.05) is 20.8 Å². The van der Waals surface area contributed by atoms with Gasteiger partial charge in [-0.1, -0.05) is 32.0 Å². The van der Waals surface area contributed by atoms with Crippen molar-refractivity contribution >= 4 is 5.91 Å². The van der Waals surface area contributed by atoms with Gasteiger partial charge in [-0.05, 0) is 13.0 Å². The van der Waals surface area contributed by atoms with Crippen LogP contribution in [0.25, 0.3) is 0 Å². The molecule has 1 fully saturated rings. The lowest BCUT2D eigenvalue weighted by atomic mass is 9.54. The van der Waals surface area contributed by atoms with Crippen molar-refractivity contribution < 1.29 is 27.4 Å². The van der Waals surface area contributed by atoms with E-state index in [1.54, 1.807) is 6.07 Å². The van der Waals surface area contributed by atoms with E-state index >= 15 is 0 Å². The normalized spacial score (nSPS) is 24.7. The highest BCUT2D eigenvalue weighted by atomic mass is 19.4. The minimum absolute atomic E-state index is 0.0422. The van der Waals surface area contributed by atoms with E-state index in [0.717, 1.165) is 0 Å². The van der Waals surface area contributed by atoms with Crippen LogP contribution in [0.3, 0.4) is 0 Å². The summed E-state index contributed by atoms with van der Waals surface area (Å²) in [6.45, 7) is 6.08. The molecule has 1 amide bonds. The first-order valence-corrected chi connectivity index (χ1v) is 8.42. The molecule has 26 heavy (non-hydrogen) atoms. The van der Waals surface area contributed by atoms with Crippen molar-refractivity contribution in [1.82, 2.24) is 4.90 Å². The Labute approximate surface area is 151 Å². The van der Waals surface area contributed by atoms with Gasteiger partial charge >= 0.3 is 6.36 Å². The number of halogens is 3. The number of carbonyl (C=O) groups excluding carboxylic acids is 1. The number of ether oxygens (including phenoxy) is 2. The SMILES string of the molecule is CCOC1CC(N)(C(=O)N(C)Cc2ccccc2OC(F)(F)F)C1(C)C. The van der Waals surface area contributed by atoms with Gasteiger partial charge in [-0.2, -0.15) is 0 Å². The van der Waals surface area contributed by atoms with E-state index in [0.29, 0.717) is 13.0 Å². The van der Waals surface area contributed by atoms with Crippen LogP contribution in [0.4, 0.5) is 13.2 Å². The third kappa shape index (κ3) is 3.81. The average molecular weight is 374 g/mol. The highest BCUT2D eigenvalue weighted by molar-refractivity contribution is 5.88. The third-order valence-corrected chi connectivity index (χ3v) is 5.16. The third-order valence-electron chi connectivity index (χ3n) is 5.16. The van der Waals surface area contributed by atoms with Gasteiger partial charge in [-0.3, -0.25) is 4.79 Å². The Morgan fingerprint density at radius 2 is 1.96 bits per heavy atom. The summed E-state index contributed by atoms with van der Waals surface area (Å²) in [6, 6.07) is 5.74. The average Bonchev–Trinajstić information content (AvgIpc) is 2.54. The molecule has 1 saturated carbocycles. The monoisotopic (exact) mass is 374 g/mol. The lowest BCUT2D eigenvalue weighted by Gasteiger charge is -2.58. The molecule has 0 heterocycles. The zero-order chi connectivity index (χ0) is 19.8. The van der Waals surface area contributed by atoms with Crippen molar-refractivity contribution in [2.75, 3.05) is 13.7 Å². The summed E-state index contributed by atoms with van der Waals surface area (Å²) in [5.41, 5.74) is 4.91. The molecule has 2 N–H and O–H groups in total. The smallest absolute Gasteiger partial charge is 0.405 e. The number of rotatable bonds is 6. The molecular weight excluding hydrogens is 349 g/mol. The molecule has 5 nitrogen and oxygen atoms in total. The maximum atomic E-state index is 12.9. The molecule has 0 aromatic heterocycles. The molecule has 8 heteroatoms. The van der Waals surface area contributed by atoms with Crippen LogP contribution in [0, 0.1) is 5.41 Å². The van der Waals surface area contributed by atoms with Crippen LogP contribution < -0.4 is 10.5 Å². The highest BCUT2D eigenvalue weighted by Gasteiger charge is 2.63. The number of carbonyl (C=O) groups is 1. The number of hydrogen-bond acceptors (Lipinski definition) is 4. The number of nitrogens with zero attached hydrogens (tertiary/aromatic N) is 1. The van der Waals surface area contributed by atoms with Gasteiger partial charge in [0.05, 0.1) is 6.10 Å². The number of hydrogen-bond donors (Lipinski definition) is 1. The second-order valence-electron chi connectivity index (χ2n) is 7.16. The Hall–Kier alpha value is -1.80. The molecular formula is C18H25F3N2O3. The Morgan fingerprint density at radius 3 is 2.50 bits per heavy atom. The topological polar surface area (TPSA) is 64.8 Å². The van der Waals surface area contributed by atoms with Gasteiger partial charge in [0, 0.05) is 37.6 Å². The second-order valence-corrected chi connectivity index (χ2v) is 7.16. The molecule has 1 aliphatic carbocycles. The number of para-hydroxylation sites is 1. The fourth-order valence-electron chi connectivity index (χ4n) is 3.32. The lowest BCUT2D eigenvalue weighted by molar-refractivity contribution is -0.275. The maximum absolute atomic E-state index is 12.9. The van der Waals surface area contributed by atoms with Crippen LogP contribution in [0.5, 0.6) is 5.75 Å². The number of likely N-dealkylation sites (N-methyl/N-ethyl adjacent to an activating group) is 1. The maximum Gasteiger partial charge on any atom is 0.573 e. The first-order chi connectivity index (χ1) is 11.9. The number of benzene rings is 1. The summed E-state index contributed by atoms with van der Waals surface area (Å²) in [5.74, 6) is -0.661. The van der Waals surface area contributed by atoms with Gasteiger partial charge in [0.1, 0.15) is 11.3 Å². The first-order valence-electron chi connectivity index (χ1n) is 8.42. The van der Waals surface area contributed by atoms with E-state index in [4.69, 9.17) is 10.5 Å². The molecule has 0 radical (unpaired) electrons. The summed E-state index contributed by atoms with van der Waals surface area (Å²) in [7, 11) is 1.52. The zero-order valence-corrected chi connectivity index (χ0v) is 15.4. The van der Waals surface area contributed by atoms with Gasteiger partial charge in [-0.15, -0.1) is 13.2 Å². The highest BCUT2D eigenvalue weighted by Crippen LogP contribution is 2.50. The molecule has 0 saturated heterocycles. The Morgan fingerprint density at radius 1 is 1.35 bits per heavy atom. The largest absolute Gasteiger partial charge is 0.573 e. The minimum atomic E-state index is -4.80. The Balaban J connectivity index is 2.14. The van der Waals surface area contributed by atoms with Crippen molar-refractivity contribution in [3.63, 3.8) is 0 Å². The molecule has 2 atom stereocenters. The van der Waals surface area contributed by atoms with Crippen LogP contribution in [0.15, 0.2) is 24.3 Å². The molecule has 0 spiro atoms. The molecule has 0 aliphatic heterocycles. The van der Waals surface area contributed by atoms with Crippen molar-refractivity contribution in [3.8, 4) is 5.75 Å². The second kappa shape index (κ2) is 7.08.